The maximum atomic E-state index is 5.72. The Hall–Kier alpha value is -1.02. The lowest BCUT2D eigenvalue weighted by Gasteiger charge is -2.23. The first-order valence-corrected chi connectivity index (χ1v) is 6.16. The van der Waals surface area contributed by atoms with Crippen molar-refractivity contribution in [2.45, 2.75) is 33.1 Å². The molecule has 0 amide bonds. The number of nitrogens with two attached hydrogens (primary N) is 1. The molecule has 2 nitrogen and oxygen atoms in total. The number of hydrogen-bond acceptors (Lipinski definition) is 2. The lowest BCUT2D eigenvalue weighted by molar-refractivity contribution is 0.405. The van der Waals surface area contributed by atoms with E-state index in [-0.39, 0.29) is 5.41 Å². The van der Waals surface area contributed by atoms with Crippen LogP contribution in [0.3, 0.4) is 0 Å². The van der Waals surface area contributed by atoms with Crippen LogP contribution in [0.1, 0.15) is 31.4 Å². The molecule has 1 aromatic rings. The molecule has 1 aliphatic carbocycles. The van der Waals surface area contributed by atoms with Crippen molar-refractivity contribution in [3.8, 4) is 0 Å². The second kappa shape index (κ2) is 4.46. The first-order valence-electron chi connectivity index (χ1n) is 6.16. The summed E-state index contributed by atoms with van der Waals surface area (Å²) in [6.45, 7) is 6.02. The summed E-state index contributed by atoms with van der Waals surface area (Å²) in [5.41, 5.74) is 10.2. The zero-order valence-corrected chi connectivity index (χ0v) is 10.3. The topological polar surface area (TPSA) is 38.0 Å². The molecule has 0 radical (unpaired) electrons. The largest absolute Gasteiger partial charge is 0.384 e. The van der Waals surface area contributed by atoms with Crippen LogP contribution in [0.4, 0.5) is 5.69 Å². The molecule has 0 fully saturated rings. The molecule has 0 unspecified atom stereocenters. The van der Waals surface area contributed by atoms with E-state index in [4.69, 9.17) is 5.73 Å². The first kappa shape index (κ1) is 11.5. The average Bonchev–Trinajstić information content (AvgIpc) is 2.73. The summed E-state index contributed by atoms with van der Waals surface area (Å²) >= 11 is 0. The fourth-order valence-corrected chi connectivity index (χ4v) is 2.10. The predicted octanol–water partition coefficient (Wildman–Crippen LogP) is 2.57. The molecule has 2 rings (SSSR count). The third kappa shape index (κ3) is 2.56. The fourth-order valence-electron chi connectivity index (χ4n) is 2.10. The van der Waals surface area contributed by atoms with Gasteiger partial charge in [-0.1, -0.05) is 19.9 Å². The van der Waals surface area contributed by atoms with Crippen LogP contribution in [-0.4, -0.2) is 13.1 Å². The van der Waals surface area contributed by atoms with Crippen LogP contribution in [-0.2, 0) is 12.8 Å². The number of fused-ring (bicyclic) bond motifs is 1. The minimum Gasteiger partial charge on any atom is -0.384 e. The van der Waals surface area contributed by atoms with E-state index in [0.29, 0.717) is 6.54 Å². The third-order valence-electron chi connectivity index (χ3n) is 3.42. The molecular weight excluding hydrogens is 196 g/mol. The molecule has 0 atom stereocenters. The Bertz CT molecular complexity index is 369. The third-order valence-corrected chi connectivity index (χ3v) is 3.42. The monoisotopic (exact) mass is 218 g/mol. The van der Waals surface area contributed by atoms with Gasteiger partial charge in [-0.25, -0.2) is 0 Å². The normalized spacial score (nSPS) is 14.9. The van der Waals surface area contributed by atoms with Crippen molar-refractivity contribution in [1.82, 2.24) is 0 Å². The quantitative estimate of drug-likeness (QED) is 0.815. The standard InChI is InChI=1S/C14H22N2/c1-14(2,9-15)10-16-13-7-6-11-4-3-5-12(11)8-13/h6-8,16H,3-5,9-10,15H2,1-2H3. The van der Waals surface area contributed by atoms with Gasteiger partial charge in [0.1, 0.15) is 0 Å². The van der Waals surface area contributed by atoms with Gasteiger partial charge < -0.3 is 11.1 Å². The second-order valence-electron chi connectivity index (χ2n) is 5.56. The number of aryl methyl sites for hydroxylation is 2. The van der Waals surface area contributed by atoms with E-state index < -0.39 is 0 Å². The number of benzene rings is 1. The first-order chi connectivity index (χ1) is 7.61. The molecule has 0 heterocycles. The van der Waals surface area contributed by atoms with Crippen LogP contribution in [0.25, 0.3) is 0 Å². The van der Waals surface area contributed by atoms with Gasteiger partial charge in [0.15, 0.2) is 0 Å². The molecule has 88 valence electrons. The molecule has 1 aliphatic rings. The van der Waals surface area contributed by atoms with Crippen LogP contribution < -0.4 is 11.1 Å². The van der Waals surface area contributed by atoms with E-state index >= 15 is 0 Å². The van der Waals surface area contributed by atoms with Crippen molar-refractivity contribution in [1.29, 1.82) is 0 Å². The predicted molar refractivity (Wildman–Crippen MR) is 69.8 cm³/mol. The summed E-state index contributed by atoms with van der Waals surface area (Å²) in [7, 11) is 0. The Kier molecular flexibility index (Phi) is 3.20. The van der Waals surface area contributed by atoms with Gasteiger partial charge in [0.05, 0.1) is 0 Å². The van der Waals surface area contributed by atoms with Gasteiger partial charge in [0.25, 0.3) is 0 Å². The molecule has 3 N–H and O–H groups in total. The smallest absolute Gasteiger partial charge is 0.0343 e. The van der Waals surface area contributed by atoms with Gasteiger partial charge in [-0.05, 0) is 54.5 Å². The number of anilines is 1. The highest BCUT2D eigenvalue weighted by molar-refractivity contribution is 5.50. The summed E-state index contributed by atoms with van der Waals surface area (Å²) in [6.07, 6.45) is 3.81. The molecule has 2 heteroatoms. The Balaban J connectivity index is 2.00. The van der Waals surface area contributed by atoms with Gasteiger partial charge >= 0.3 is 0 Å². The van der Waals surface area contributed by atoms with Crippen molar-refractivity contribution in [3.05, 3.63) is 29.3 Å². The van der Waals surface area contributed by atoms with Crippen molar-refractivity contribution >= 4 is 5.69 Å². The fraction of sp³-hybridized carbons (Fsp3) is 0.571. The van der Waals surface area contributed by atoms with Gasteiger partial charge in [0.2, 0.25) is 0 Å². The SMILES string of the molecule is CC(C)(CN)CNc1ccc2c(c1)CCC2. The van der Waals surface area contributed by atoms with Crippen LogP contribution in [0.2, 0.25) is 0 Å². The average molecular weight is 218 g/mol. The second-order valence-corrected chi connectivity index (χ2v) is 5.56. The van der Waals surface area contributed by atoms with E-state index in [1.807, 2.05) is 0 Å². The summed E-state index contributed by atoms with van der Waals surface area (Å²) in [6, 6.07) is 6.76. The maximum absolute atomic E-state index is 5.72. The van der Waals surface area contributed by atoms with E-state index in [1.54, 1.807) is 0 Å². The van der Waals surface area contributed by atoms with Crippen LogP contribution in [0, 0.1) is 5.41 Å². The Morgan fingerprint density at radius 3 is 2.75 bits per heavy atom. The Morgan fingerprint density at radius 1 is 1.25 bits per heavy atom. The summed E-state index contributed by atoms with van der Waals surface area (Å²) < 4.78 is 0. The van der Waals surface area contributed by atoms with Crippen LogP contribution >= 0.6 is 0 Å². The van der Waals surface area contributed by atoms with Crippen molar-refractivity contribution in [3.63, 3.8) is 0 Å². The summed E-state index contributed by atoms with van der Waals surface area (Å²) in [5.74, 6) is 0. The molecule has 0 saturated heterocycles. The number of rotatable bonds is 4. The van der Waals surface area contributed by atoms with Crippen LogP contribution in [0.5, 0.6) is 0 Å². The van der Waals surface area contributed by atoms with E-state index in [0.717, 1.165) is 6.54 Å². The molecule has 0 aromatic heterocycles. The van der Waals surface area contributed by atoms with Crippen molar-refractivity contribution < 1.29 is 0 Å². The van der Waals surface area contributed by atoms with Crippen molar-refractivity contribution in [2.75, 3.05) is 18.4 Å². The Labute approximate surface area is 98.2 Å². The highest BCUT2D eigenvalue weighted by Crippen LogP contribution is 2.25. The molecule has 0 spiro atoms. The number of hydrogen-bond donors (Lipinski definition) is 2. The lowest BCUT2D eigenvalue weighted by atomic mass is 9.94. The zero-order valence-electron chi connectivity index (χ0n) is 10.3. The lowest BCUT2D eigenvalue weighted by Crippen LogP contribution is -2.31. The van der Waals surface area contributed by atoms with E-state index in [2.05, 4.69) is 37.4 Å². The Morgan fingerprint density at radius 2 is 2.00 bits per heavy atom. The summed E-state index contributed by atoms with van der Waals surface area (Å²) in [4.78, 5) is 0. The molecule has 0 bridgehead atoms. The molecule has 1 aromatic carbocycles. The number of nitrogens with one attached hydrogen (secondary N) is 1. The van der Waals surface area contributed by atoms with Gasteiger partial charge in [-0.15, -0.1) is 0 Å². The highest BCUT2D eigenvalue weighted by atomic mass is 14.9. The van der Waals surface area contributed by atoms with Gasteiger partial charge in [-0.2, -0.15) is 0 Å². The summed E-state index contributed by atoms with van der Waals surface area (Å²) in [5, 5.41) is 3.49. The van der Waals surface area contributed by atoms with E-state index in [9.17, 15) is 0 Å². The molecule has 0 aliphatic heterocycles. The zero-order chi connectivity index (χ0) is 11.6. The minimum absolute atomic E-state index is 0.166. The molecular formula is C14H22N2. The van der Waals surface area contributed by atoms with Crippen LogP contribution in [0.15, 0.2) is 18.2 Å². The molecule has 0 saturated carbocycles. The van der Waals surface area contributed by atoms with E-state index in [1.165, 1.54) is 36.1 Å². The minimum atomic E-state index is 0.166. The maximum Gasteiger partial charge on any atom is 0.0343 e. The van der Waals surface area contributed by atoms with Crippen molar-refractivity contribution in [2.24, 2.45) is 11.1 Å². The molecule has 16 heavy (non-hydrogen) atoms. The highest BCUT2D eigenvalue weighted by Gasteiger charge is 2.16. The van der Waals surface area contributed by atoms with Gasteiger partial charge in [-0.3, -0.25) is 0 Å². The van der Waals surface area contributed by atoms with Gasteiger partial charge in [0, 0.05) is 12.2 Å².